The fourth-order valence-corrected chi connectivity index (χ4v) is 5.64. The van der Waals surface area contributed by atoms with Crippen LogP contribution in [0.3, 0.4) is 0 Å². The molecule has 1 unspecified atom stereocenters. The number of benzene rings is 2. The first-order chi connectivity index (χ1) is 14.6. The lowest BCUT2D eigenvalue weighted by Gasteiger charge is -2.22. The summed E-state index contributed by atoms with van der Waals surface area (Å²) in [6, 6.07) is 16.0. The van der Waals surface area contributed by atoms with Gasteiger partial charge in [0.05, 0.1) is 16.3 Å². The number of thiazole rings is 1. The van der Waals surface area contributed by atoms with Crippen molar-refractivity contribution in [2.75, 3.05) is 10.2 Å². The van der Waals surface area contributed by atoms with Crippen molar-refractivity contribution in [3.8, 4) is 11.3 Å². The fraction of sp³-hybridized carbons (Fsp3) is 0.136. The number of hydrogen-bond acceptors (Lipinski definition) is 6. The molecule has 2 amide bonds. The lowest BCUT2D eigenvalue weighted by atomic mass is 9.98. The van der Waals surface area contributed by atoms with Gasteiger partial charge in [-0.25, -0.2) is 4.98 Å². The molecule has 1 atom stereocenters. The Morgan fingerprint density at radius 1 is 1.13 bits per heavy atom. The first-order valence-electron chi connectivity index (χ1n) is 9.49. The Balaban J connectivity index is 1.53. The lowest BCUT2D eigenvalue weighted by molar-refractivity contribution is -0.116. The number of aromatic nitrogens is 1. The number of anilines is 2. The van der Waals surface area contributed by atoms with E-state index in [2.05, 4.69) is 5.32 Å². The molecule has 30 heavy (non-hydrogen) atoms. The average molecular weight is 435 g/mol. The standard InChI is InChI=1S/C22H18N4O2S2/c23-20(28)17-11-26(21(30-17)14-5-2-1-3-6-14)22-24-16(12-29-22)15-8-4-7-13-9-10-18(27)25-19(13)15/h1-8,11-12,21H,9-10H2,(H2,23,28)(H,25,27). The highest BCUT2D eigenvalue weighted by Crippen LogP contribution is 2.47. The van der Waals surface area contributed by atoms with Crippen LogP contribution in [-0.2, 0) is 16.0 Å². The van der Waals surface area contributed by atoms with Gasteiger partial charge in [0.2, 0.25) is 5.91 Å². The second-order valence-corrected chi connectivity index (χ2v) is 9.01. The number of nitrogens with two attached hydrogens (primary N) is 1. The normalized spacial score (nSPS) is 18.0. The maximum Gasteiger partial charge on any atom is 0.256 e. The lowest BCUT2D eigenvalue weighted by Crippen LogP contribution is -2.19. The zero-order valence-electron chi connectivity index (χ0n) is 15.9. The zero-order chi connectivity index (χ0) is 20.7. The van der Waals surface area contributed by atoms with E-state index < -0.39 is 5.91 Å². The summed E-state index contributed by atoms with van der Waals surface area (Å²) >= 11 is 2.92. The first-order valence-corrected chi connectivity index (χ1v) is 11.3. The van der Waals surface area contributed by atoms with Crippen LogP contribution in [0.5, 0.6) is 0 Å². The number of para-hydroxylation sites is 1. The molecule has 1 aromatic heterocycles. The number of nitrogens with zero attached hydrogens (tertiary/aromatic N) is 2. The minimum atomic E-state index is -0.444. The van der Waals surface area contributed by atoms with Crippen LogP contribution in [-0.4, -0.2) is 16.8 Å². The number of amides is 2. The van der Waals surface area contributed by atoms with Gasteiger partial charge in [-0.05, 0) is 17.5 Å². The van der Waals surface area contributed by atoms with Crippen LogP contribution in [0.1, 0.15) is 22.9 Å². The van der Waals surface area contributed by atoms with E-state index in [0.29, 0.717) is 11.3 Å². The molecule has 150 valence electrons. The molecule has 0 spiro atoms. The van der Waals surface area contributed by atoms with Gasteiger partial charge < -0.3 is 16.0 Å². The highest BCUT2D eigenvalue weighted by atomic mass is 32.2. The Hall–Kier alpha value is -3.10. The fourth-order valence-electron chi connectivity index (χ4n) is 3.65. The highest BCUT2D eigenvalue weighted by Gasteiger charge is 2.32. The quantitative estimate of drug-likeness (QED) is 0.640. The van der Waals surface area contributed by atoms with Gasteiger partial charge in [-0.2, -0.15) is 0 Å². The summed E-state index contributed by atoms with van der Waals surface area (Å²) in [6.45, 7) is 0. The van der Waals surface area contributed by atoms with Gasteiger partial charge in [0.25, 0.3) is 5.91 Å². The number of carbonyl (C=O) groups is 2. The van der Waals surface area contributed by atoms with Crippen molar-refractivity contribution >= 4 is 45.7 Å². The molecule has 0 aliphatic carbocycles. The summed E-state index contributed by atoms with van der Waals surface area (Å²) in [5, 5.41) is 5.63. The molecule has 8 heteroatoms. The van der Waals surface area contributed by atoms with E-state index in [1.165, 1.54) is 23.1 Å². The second-order valence-electron chi connectivity index (χ2n) is 7.05. The van der Waals surface area contributed by atoms with Gasteiger partial charge in [0.15, 0.2) is 5.13 Å². The summed E-state index contributed by atoms with van der Waals surface area (Å²) in [5.41, 5.74) is 10.3. The monoisotopic (exact) mass is 434 g/mol. The van der Waals surface area contributed by atoms with Crippen molar-refractivity contribution in [1.82, 2.24) is 4.98 Å². The van der Waals surface area contributed by atoms with E-state index in [1.807, 2.05) is 58.8 Å². The Morgan fingerprint density at radius 2 is 1.97 bits per heavy atom. The van der Waals surface area contributed by atoms with Crippen molar-refractivity contribution in [3.05, 3.63) is 76.1 Å². The van der Waals surface area contributed by atoms with Crippen LogP contribution in [0.2, 0.25) is 0 Å². The van der Waals surface area contributed by atoms with Crippen LogP contribution >= 0.6 is 23.1 Å². The molecule has 5 rings (SSSR count). The maximum absolute atomic E-state index is 11.9. The minimum absolute atomic E-state index is 0.0273. The van der Waals surface area contributed by atoms with Gasteiger partial charge in [0, 0.05) is 23.6 Å². The van der Waals surface area contributed by atoms with Crippen molar-refractivity contribution < 1.29 is 9.59 Å². The second kappa shape index (κ2) is 7.62. The van der Waals surface area contributed by atoms with Gasteiger partial charge >= 0.3 is 0 Å². The molecule has 0 radical (unpaired) electrons. The Bertz CT molecular complexity index is 1170. The third-order valence-corrected chi connectivity index (χ3v) is 7.24. The maximum atomic E-state index is 11.9. The van der Waals surface area contributed by atoms with E-state index >= 15 is 0 Å². The molecule has 2 aliphatic rings. The molecule has 2 aromatic carbocycles. The smallest absolute Gasteiger partial charge is 0.256 e. The third-order valence-electron chi connectivity index (χ3n) is 5.10. The summed E-state index contributed by atoms with van der Waals surface area (Å²) in [7, 11) is 0. The molecule has 6 nitrogen and oxygen atoms in total. The van der Waals surface area contributed by atoms with Crippen LogP contribution in [0.25, 0.3) is 11.3 Å². The van der Waals surface area contributed by atoms with Gasteiger partial charge in [-0.1, -0.05) is 60.3 Å². The molecule has 0 saturated heterocycles. The number of carbonyl (C=O) groups excluding carboxylic acids is 2. The molecule has 3 N–H and O–H groups in total. The summed E-state index contributed by atoms with van der Waals surface area (Å²) < 4.78 is 0. The predicted molar refractivity (Wildman–Crippen MR) is 121 cm³/mol. The molecular formula is C22H18N4O2S2. The Labute approximate surface area is 181 Å². The largest absolute Gasteiger partial charge is 0.365 e. The number of nitrogens with one attached hydrogen (secondary N) is 1. The molecule has 0 fully saturated rings. The number of hydrogen-bond donors (Lipinski definition) is 2. The van der Waals surface area contributed by atoms with Crippen LogP contribution in [0.4, 0.5) is 10.8 Å². The predicted octanol–water partition coefficient (Wildman–Crippen LogP) is 4.27. The molecule has 0 saturated carbocycles. The number of fused-ring (bicyclic) bond motifs is 1. The molecule has 3 heterocycles. The minimum Gasteiger partial charge on any atom is -0.365 e. The summed E-state index contributed by atoms with van der Waals surface area (Å²) in [4.78, 5) is 31.1. The summed E-state index contributed by atoms with van der Waals surface area (Å²) in [5.74, 6) is -0.417. The van der Waals surface area contributed by atoms with Crippen LogP contribution in [0.15, 0.2) is 65.0 Å². The average Bonchev–Trinajstić information content (AvgIpc) is 3.41. The molecule has 2 aliphatic heterocycles. The Morgan fingerprint density at radius 3 is 2.77 bits per heavy atom. The van der Waals surface area contributed by atoms with Crippen molar-refractivity contribution in [1.29, 1.82) is 0 Å². The number of aryl methyl sites for hydroxylation is 1. The number of primary amides is 1. The van der Waals surface area contributed by atoms with Crippen molar-refractivity contribution in [2.24, 2.45) is 5.73 Å². The highest BCUT2D eigenvalue weighted by molar-refractivity contribution is 8.04. The molecule has 0 bridgehead atoms. The van der Waals surface area contributed by atoms with Gasteiger partial charge in [-0.15, -0.1) is 11.3 Å². The van der Waals surface area contributed by atoms with Gasteiger partial charge in [-0.3, -0.25) is 9.59 Å². The van der Waals surface area contributed by atoms with E-state index in [1.54, 1.807) is 6.20 Å². The SMILES string of the molecule is NC(=O)C1=CN(c2nc(-c3cccc4c3NC(=O)CC4)cs2)C(c2ccccc2)S1. The van der Waals surface area contributed by atoms with Crippen molar-refractivity contribution in [3.63, 3.8) is 0 Å². The van der Waals surface area contributed by atoms with Crippen LogP contribution < -0.4 is 16.0 Å². The zero-order valence-corrected chi connectivity index (χ0v) is 17.5. The van der Waals surface area contributed by atoms with Gasteiger partial charge in [0.1, 0.15) is 5.37 Å². The summed E-state index contributed by atoms with van der Waals surface area (Å²) in [6.07, 6.45) is 3.01. The van der Waals surface area contributed by atoms with E-state index in [-0.39, 0.29) is 11.3 Å². The van der Waals surface area contributed by atoms with E-state index in [0.717, 1.165) is 39.6 Å². The van der Waals surface area contributed by atoms with Crippen molar-refractivity contribution in [2.45, 2.75) is 18.2 Å². The molecular weight excluding hydrogens is 416 g/mol. The van der Waals surface area contributed by atoms with E-state index in [9.17, 15) is 9.59 Å². The number of thioether (sulfide) groups is 1. The number of rotatable bonds is 4. The third kappa shape index (κ3) is 3.38. The van der Waals surface area contributed by atoms with E-state index in [4.69, 9.17) is 10.7 Å². The topological polar surface area (TPSA) is 88.3 Å². The Kier molecular flexibility index (Phi) is 4.80. The first kappa shape index (κ1) is 18.9. The van der Waals surface area contributed by atoms with Crippen LogP contribution in [0, 0.1) is 0 Å². The molecule has 3 aromatic rings.